The smallest absolute Gasteiger partial charge is 0.308 e. The van der Waals surface area contributed by atoms with Gasteiger partial charge in [0.25, 0.3) is 0 Å². The Labute approximate surface area is 81.7 Å². The highest BCUT2D eigenvalue weighted by atomic mass is 16.5. The van der Waals surface area contributed by atoms with Gasteiger partial charge in [-0.3, -0.25) is 4.79 Å². The monoisotopic (exact) mass is 186 g/mol. The molecular weight excluding hydrogens is 164 g/mol. The van der Waals surface area contributed by atoms with Crippen molar-refractivity contribution in [3.8, 4) is 0 Å². The molecule has 0 N–H and O–H groups in total. The molecule has 1 unspecified atom stereocenters. The van der Waals surface area contributed by atoms with Crippen molar-refractivity contribution in [2.45, 2.75) is 41.0 Å². The standard InChI is InChI=1S/C11H22O2/c1-6-13-11(12)10(5)9(4)7-8(2)3/h8-10H,6-7H2,1-5H3/t9-,10?/m0/s1. The summed E-state index contributed by atoms with van der Waals surface area (Å²) < 4.78 is 4.97. The van der Waals surface area contributed by atoms with Crippen molar-refractivity contribution < 1.29 is 9.53 Å². The van der Waals surface area contributed by atoms with E-state index >= 15 is 0 Å². The largest absolute Gasteiger partial charge is 0.466 e. The van der Waals surface area contributed by atoms with Gasteiger partial charge < -0.3 is 4.74 Å². The molecule has 2 atom stereocenters. The molecule has 0 aliphatic rings. The molecule has 0 aromatic rings. The Kier molecular flexibility index (Phi) is 5.76. The van der Waals surface area contributed by atoms with Gasteiger partial charge >= 0.3 is 5.97 Å². The summed E-state index contributed by atoms with van der Waals surface area (Å²) in [5.74, 6) is 1.03. The molecule has 13 heavy (non-hydrogen) atoms. The van der Waals surface area contributed by atoms with Crippen LogP contribution in [0.25, 0.3) is 0 Å². The fourth-order valence-electron chi connectivity index (χ4n) is 1.45. The van der Waals surface area contributed by atoms with Crippen molar-refractivity contribution in [2.24, 2.45) is 17.8 Å². The molecule has 0 radical (unpaired) electrons. The van der Waals surface area contributed by atoms with Gasteiger partial charge in [-0.1, -0.05) is 27.7 Å². The molecule has 0 amide bonds. The second-order valence-corrected chi connectivity index (χ2v) is 4.15. The molecule has 0 heterocycles. The Hall–Kier alpha value is -0.530. The number of ether oxygens (including phenoxy) is 1. The van der Waals surface area contributed by atoms with Crippen LogP contribution in [0.1, 0.15) is 41.0 Å². The summed E-state index contributed by atoms with van der Waals surface area (Å²) in [5.41, 5.74) is 0. The Balaban J connectivity index is 3.93. The Morgan fingerprint density at radius 1 is 1.23 bits per heavy atom. The molecule has 0 spiro atoms. The van der Waals surface area contributed by atoms with E-state index in [1.54, 1.807) is 0 Å². The second-order valence-electron chi connectivity index (χ2n) is 4.15. The van der Waals surface area contributed by atoms with Gasteiger partial charge in [-0.15, -0.1) is 0 Å². The number of carbonyl (C=O) groups excluding carboxylic acids is 1. The SMILES string of the molecule is CCOC(=O)C(C)[C@@H](C)CC(C)C. The first-order valence-corrected chi connectivity index (χ1v) is 5.15. The summed E-state index contributed by atoms with van der Waals surface area (Å²) in [4.78, 5) is 11.3. The van der Waals surface area contributed by atoms with Crippen LogP contribution in [0.5, 0.6) is 0 Å². The molecule has 78 valence electrons. The van der Waals surface area contributed by atoms with E-state index < -0.39 is 0 Å². The molecule has 0 bridgehead atoms. The van der Waals surface area contributed by atoms with Gasteiger partial charge in [0.15, 0.2) is 0 Å². The molecule has 2 heteroatoms. The Bertz CT molecular complexity index is 152. The fourth-order valence-corrected chi connectivity index (χ4v) is 1.45. The molecule has 0 aromatic carbocycles. The van der Waals surface area contributed by atoms with Crippen LogP contribution < -0.4 is 0 Å². The maximum Gasteiger partial charge on any atom is 0.308 e. The third-order valence-electron chi connectivity index (χ3n) is 2.36. The predicted molar refractivity (Wildman–Crippen MR) is 54.4 cm³/mol. The average Bonchev–Trinajstić information content (AvgIpc) is 2.02. The first-order chi connectivity index (χ1) is 5.99. The summed E-state index contributed by atoms with van der Waals surface area (Å²) in [7, 11) is 0. The molecule has 0 aliphatic carbocycles. The van der Waals surface area contributed by atoms with E-state index in [4.69, 9.17) is 4.74 Å². The average molecular weight is 186 g/mol. The van der Waals surface area contributed by atoms with Crippen LogP contribution in [0.3, 0.4) is 0 Å². The Morgan fingerprint density at radius 2 is 1.77 bits per heavy atom. The zero-order valence-electron chi connectivity index (χ0n) is 9.46. The summed E-state index contributed by atoms with van der Waals surface area (Å²) in [6.07, 6.45) is 1.08. The van der Waals surface area contributed by atoms with Gasteiger partial charge in [-0.25, -0.2) is 0 Å². The van der Waals surface area contributed by atoms with E-state index in [1.165, 1.54) is 0 Å². The quantitative estimate of drug-likeness (QED) is 0.617. The van der Waals surface area contributed by atoms with Crippen LogP contribution in [0, 0.1) is 17.8 Å². The minimum atomic E-state index is -0.0596. The van der Waals surface area contributed by atoms with Crippen molar-refractivity contribution in [3.63, 3.8) is 0 Å². The lowest BCUT2D eigenvalue weighted by Crippen LogP contribution is -2.22. The van der Waals surface area contributed by atoms with E-state index in [1.807, 2.05) is 13.8 Å². The minimum absolute atomic E-state index is 0.0300. The Morgan fingerprint density at radius 3 is 2.15 bits per heavy atom. The van der Waals surface area contributed by atoms with Gasteiger partial charge in [0.2, 0.25) is 0 Å². The van der Waals surface area contributed by atoms with Crippen LogP contribution >= 0.6 is 0 Å². The maximum absolute atomic E-state index is 11.3. The van der Waals surface area contributed by atoms with Crippen molar-refractivity contribution >= 4 is 5.97 Å². The molecule has 0 saturated heterocycles. The number of rotatable bonds is 5. The van der Waals surface area contributed by atoms with Gasteiger partial charge in [0.05, 0.1) is 12.5 Å². The zero-order valence-corrected chi connectivity index (χ0v) is 9.46. The highest BCUT2D eigenvalue weighted by molar-refractivity contribution is 5.72. The van der Waals surface area contributed by atoms with E-state index in [9.17, 15) is 4.79 Å². The minimum Gasteiger partial charge on any atom is -0.466 e. The topological polar surface area (TPSA) is 26.3 Å². The van der Waals surface area contributed by atoms with Crippen LogP contribution in [0.2, 0.25) is 0 Å². The first kappa shape index (κ1) is 12.5. The van der Waals surface area contributed by atoms with Gasteiger partial charge in [-0.2, -0.15) is 0 Å². The third kappa shape index (κ3) is 4.91. The van der Waals surface area contributed by atoms with Crippen LogP contribution in [-0.2, 0) is 9.53 Å². The van der Waals surface area contributed by atoms with Crippen molar-refractivity contribution in [2.75, 3.05) is 6.61 Å². The van der Waals surface area contributed by atoms with E-state index in [2.05, 4.69) is 20.8 Å². The molecule has 2 nitrogen and oxygen atoms in total. The predicted octanol–water partition coefficient (Wildman–Crippen LogP) is 2.87. The lowest BCUT2D eigenvalue weighted by atomic mass is 9.88. The fraction of sp³-hybridized carbons (Fsp3) is 0.909. The van der Waals surface area contributed by atoms with Crippen molar-refractivity contribution in [1.82, 2.24) is 0 Å². The number of carbonyl (C=O) groups is 1. The molecule has 0 saturated carbocycles. The van der Waals surface area contributed by atoms with Gasteiger partial charge in [0.1, 0.15) is 0 Å². The van der Waals surface area contributed by atoms with Crippen molar-refractivity contribution in [1.29, 1.82) is 0 Å². The molecule has 0 rings (SSSR count). The third-order valence-corrected chi connectivity index (χ3v) is 2.36. The summed E-state index contributed by atoms with van der Waals surface area (Å²) in [5, 5.41) is 0. The van der Waals surface area contributed by atoms with Gasteiger partial charge in [0, 0.05) is 0 Å². The van der Waals surface area contributed by atoms with E-state index in [0.717, 1.165) is 6.42 Å². The number of hydrogen-bond donors (Lipinski definition) is 0. The normalized spacial score (nSPS) is 15.5. The van der Waals surface area contributed by atoms with Crippen LogP contribution in [0.4, 0.5) is 0 Å². The first-order valence-electron chi connectivity index (χ1n) is 5.15. The van der Waals surface area contributed by atoms with E-state index in [0.29, 0.717) is 18.4 Å². The summed E-state index contributed by atoms with van der Waals surface area (Å²) in [6, 6.07) is 0. The highest BCUT2D eigenvalue weighted by Crippen LogP contribution is 2.20. The number of esters is 1. The van der Waals surface area contributed by atoms with Crippen LogP contribution in [-0.4, -0.2) is 12.6 Å². The molecule has 0 fully saturated rings. The van der Waals surface area contributed by atoms with Gasteiger partial charge in [-0.05, 0) is 25.2 Å². The molecular formula is C11H22O2. The lowest BCUT2D eigenvalue weighted by molar-refractivity contribution is -0.149. The van der Waals surface area contributed by atoms with E-state index in [-0.39, 0.29) is 11.9 Å². The molecule has 0 aromatic heterocycles. The van der Waals surface area contributed by atoms with Crippen molar-refractivity contribution in [3.05, 3.63) is 0 Å². The maximum atomic E-state index is 11.3. The zero-order chi connectivity index (χ0) is 10.4. The van der Waals surface area contributed by atoms with Crippen LogP contribution in [0.15, 0.2) is 0 Å². The lowest BCUT2D eigenvalue weighted by Gasteiger charge is -2.19. The second kappa shape index (κ2) is 6.01. The molecule has 0 aliphatic heterocycles. The highest BCUT2D eigenvalue weighted by Gasteiger charge is 2.21. The number of hydrogen-bond acceptors (Lipinski definition) is 2. The summed E-state index contributed by atoms with van der Waals surface area (Å²) >= 11 is 0. The summed E-state index contributed by atoms with van der Waals surface area (Å²) in [6.45, 7) is 10.7.